The fourth-order valence-corrected chi connectivity index (χ4v) is 3.68. The van der Waals surface area contributed by atoms with Gasteiger partial charge < -0.3 is 4.90 Å². The number of hydrogen-bond donors (Lipinski definition) is 0. The van der Waals surface area contributed by atoms with Gasteiger partial charge in [-0.3, -0.25) is 4.68 Å². The van der Waals surface area contributed by atoms with Gasteiger partial charge in [0.1, 0.15) is 0 Å². The van der Waals surface area contributed by atoms with E-state index in [1.165, 1.54) is 11.6 Å². The standard InChI is InChI=1S/C16H16F3N5/c1-23-13(6-7-20-23)10-8-11-2-3-12(9-10)24(11)15-5-4-14(21-22-15)16(17,18)19/h4-8,11-12H,2-3,9H2,1H3. The first-order valence-electron chi connectivity index (χ1n) is 7.82. The average molecular weight is 335 g/mol. The molecule has 2 aromatic heterocycles. The first-order chi connectivity index (χ1) is 11.4. The highest BCUT2D eigenvalue weighted by Gasteiger charge is 2.39. The second-order valence-electron chi connectivity index (χ2n) is 6.22. The third-order valence-electron chi connectivity index (χ3n) is 4.75. The molecular formula is C16H16F3N5. The van der Waals surface area contributed by atoms with Crippen LogP contribution in [-0.4, -0.2) is 32.1 Å². The van der Waals surface area contributed by atoms with E-state index >= 15 is 0 Å². The number of fused-ring (bicyclic) bond motifs is 2. The molecule has 0 amide bonds. The number of anilines is 1. The van der Waals surface area contributed by atoms with Gasteiger partial charge in [-0.2, -0.15) is 18.3 Å². The molecule has 8 heteroatoms. The van der Waals surface area contributed by atoms with Gasteiger partial charge in [0.2, 0.25) is 0 Å². The highest BCUT2D eigenvalue weighted by molar-refractivity contribution is 5.68. The molecule has 0 aliphatic carbocycles. The zero-order chi connectivity index (χ0) is 16.9. The van der Waals surface area contributed by atoms with E-state index in [-0.39, 0.29) is 12.1 Å². The normalized spacial score (nSPS) is 23.5. The molecule has 2 atom stereocenters. The Labute approximate surface area is 136 Å². The van der Waals surface area contributed by atoms with Crippen molar-refractivity contribution in [3.05, 3.63) is 41.9 Å². The maximum atomic E-state index is 12.6. The molecule has 2 aromatic rings. The van der Waals surface area contributed by atoms with Crippen molar-refractivity contribution >= 4 is 11.4 Å². The lowest BCUT2D eigenvalue weighted by atomic mass is 9.98. The largest absolute Gasteiger partial charge is 0.435 e. The van der Waals surface area contributed by atoms with Crippen molar-refractivity contribution in [3.63, 3.8) is 0 Å². The molecule has 24 heavy (non-hydrogen) atoms. The van der Waals surface area contributed by atoms with Crippen molar-refractivity contribution in [3.8, 4) is 0 Å². The lowest BCUT2D eigenvalue weighted by molar-refractivity contribution is -0.141. The van der Waals surface area contributed by atoms with Gasteiger partial charge in [0.05, 0.1) is 5.69 Å². The van der Waals surface area contributed by atoms with Crippen LogP contribution in [-0.2, 0) is 13.2 Å². The van der Waals surface area contributed by atoms with E-state index in [1.807, 2.05) is 17.8 Å². The van der Waals surface area contributed by atoms with Crippen molar-refractivity contribution in [1.29, 1.82) is 0 Å². The zero-order valence-electron chi connectivity index (χ0n) is 13.0. The summed E-state index contributed by atoms with van der Waals surface area (Å²) in [5, 5.41) is 11.4. The molecule has 0 saturated carbocycles. The third-order valence-corrected chi connectivity index (χ3v) is 4.75. The van der Waals surface area contributed by atoms with Gasteiger partial charge in [0.25, 0.3) is 0 Å². The van der Waals surface area contributed by atoms with Crippen molar-refractivity contribution in [2.75, 3.05) is 4.90 Å². The maximum Gasteiger partial charge on any atom is 0.435 e. The molecule has 2 aliphatic rings. The molecule has 0 radical (unpaired) electrons. The summed E-state index contributed by atoms with van der Waals surface area (Å²) in [5.74, 6) is 0.510. The van der Waals surface area contributed by atoms with Crippen molar-refractivity contribution in [2.24, 2.45) is 7.05 Å². The smallest absolute Gasteiger partial charge is 0.345 e. The second kappa shape index (κ2) is 5.32. The Bertz CT molecular complexity index is 778. The first-order valence-corrected chi connectivity index (χ1v) is 7.82. The summed E-state index contributed by atoms with van der Waals surface area (Å²) in [6.07, 6.45) is 2.28. The van der Waals surface area contributed by atoms with E-state index < -0.39 is 11.9 Å². The molecule has 0 aromatic carbocycles. The second-order valence-corrected chi connectivity index (χ2v) is 6.22. The number of hydrogen-bond acceptors (Lipinski definition) is 4. The molecule has 0 spiro atoms. The highest BCUT2D eigenvalue weighted by atomic mass is 19.4. The summed E-state index contributed by atoms with van der Waals surface area (Å²) >= 11 is 0. The molecule has 4 heterocycles. The maximum absolute atomic E-state index is 12.6. The highest BCUT2D eigenvalue weighted by Crippen LogP contribution is 2.40. The molecule has 0 N–H and O–H groups in total. The van der Waals surface area contributed by atoms with Crippen LogP contribution in [0.1, 0.15) is 30.7 Å². The van der Waals surface area contributed by atoms with E-state index in [4.69, 9.17) is 0 Å². The van der Waals surface area contributed by atoms with Gasteiger partial charge in [0.15, 0.2) is 11.5 Å². The average Bonchev–Trinajstić information content (AvgIpc) is 3.08. The minimum absolute atomic E-state index is 0.139. The van der Waals surface area contributed by atoms with Gasteiger partial charge in [-0.05, 0) is 43.0 Å². The molecule has 2 bridgehead atoms. The SMILES string of the molecule is Cn1nccc1C1=CC2CCC(C1)N2c1ccc(C(F)(F)F)nn1. The van der Waals surface area contributed by atoms with Crippen LogP contribution in [0.3, 0.4) is 0 Å². The summed E-state index contributed by atoms with van der Waals surface area (Å²) in [4.78, 5) is 2.09. The fourth-order valence-electron chi connectivity index (χ4n) is 3.68. The Morgan fingerprint density at radius 3 is 2.54 bits per heavy atom. The van der Waals surface area contributed by atoms with Crippen molar-refractivity contribution < 1.29 is 13.2 Å². The van der Waals surface area contributed by atoms with E-state index in [0.717, 1.165) is 31.0 Å². The van der Waals surface area contributed by atoms with Crippen LogP contribution in [0.4, 0.5) is 19.0 Å². The number of aryl methyl sites for hydroxylation is 1. The van der Waals surface area contributed by atoms with Crippen LogP contribution in [0, 0.1) is 0 Å². The Kier molecular flexibility index (Phi) is 3.36. The van der Waals surface area contributed by atoms with Crippen molar-refractivity contribution in [1.82, 2.24) is 20.0 Å². The topological polar surface area (TPSA) is 46.8 Å². The molecule has 4 rings (SSSR count). The lowest BCUT2D eigenvalue weighted by Crippen LogP contribution is -2.39. The number of rotatable bonds is 2. The molecule has 1 fully saturated rings. The minimum atomic E-state index is -4.46. The molecule has 2 unspecified atom stereocenters. The van der Waals surface area contributed by atoms with Gasteiger partial charge in [-0.25, -0.2) is 0 Å². The molecule has 2 aliphatic heterocycles. The third kappa shape index (κ3) is 2.46. The number of alkyl halides is 3. The van der Waals surface area contributed by atoms with Gasteiger partial charge in [-0.1, -0.05) is 6.08 Å². The predicted molar refractivity (Wildman–Crippen MR) is 82.1 cm³/mol. The van der Waals surface area contributed by atoms with Gasteiger partial charge >= 0.3 is 6.18 Å². The van der Waals surface area contributed by atoms with Gasteiger partial charge in [0, 0.05) is 25.3 Å². The Balaban J connectivity index is 1.62. The van der Waals surface area contributed by atoms with Crippen LogP contribution in [0.15, 0.2) is 30.5 Å². The molecule has 126 valence electrons. The first kappa shape index (κ1) is 15.2. The lowest BCUT2D eigenvalue weighted by Gasteiger charge is -2.34. The quantitative estimate of drug-likeness (QED) is 0.846. The zero-order valence-corrected chi connectivity index (χ0v) is 13.0. The van der Waals surface area contributed by atoms with Crippen LogP contribution in [0.5, 0.6) is 0 Å². The van der Waals surface area contributed by atoms with Crippen LogP contribution in [0.25, 0.3) is 5.57 Å². The van der Waals surface area contributed by atoms with Crippen LogP contribution in [0.2, 0.25) is 0 Å². The Morgan fingerprint density at radius 2 is 1.96 bits per heavy atom. The van der Waals surface area contributed by atoms with Crippen LogP contribution < -0.4 is 4.90 Å². The van der Waals surface area contributed by atoms with E-state index in [1.54, 1.807) is 6.20 Å². The van der Waals surface area contributed by atoms with Crippen molar-refractivity contribution in [2.45, 2.75) is 37.5 Å². The Hall–Kier alpha value is -2.38. The minimum Gasteiger partial charge on any atom is -0.345 e. The number of halogens is 3. The monoisotopic (exact) mass is 335 g/mol. The fraction of sp³-hybridized carbons (Fsp3) is 0.438. The summed E-state index contributed by atoms with van der Waals surface area (Å²) in [6.45, 7) is 0. The predicted octanol–water partition coefficient (Wildman–Crippen LogP) is 3.05. The number of nitrogens with zero attached hydrogens (tertiary/aromatic N) is 5. The van der Waals surface area contributed by atoms with E-state index in [0.29, 0.717) is 5.82 Å². The summed E-state index contributed by atoms with van der Waals surface area (Å²) in [7, 11) is 1.91. The van der Waals surface area contributed by atoms with E-state index in [2.05, 4.69) is 26.3 Å². The summed E-state index contributed by atoms with van der Waals surface area (Å²) in [5.41, 5.74) is 1.37. The summed E-state index contributed by atoms with van der Waals surface area (Å²) < 4.78 is 39.8. The van der Waals surface area contributed by atoms with Crippen LogP contribution >= 0.6 is 0 Å². The molecular weight excluding hydrogens is 319 g/mol. The molecule has 5 nitrogen and oxygen atoms in total. The van der Waals surface area contributed by atoms with Gasteiger partial charge in [-0.15, -0.1) is 10.2 Å². The Morgan fingerprint density at radius 1 is 1.12 bits per heavy atom. The number of aromatic nitrogens is 4. The summed E-state index contributed by atoms with van der Waals surface area (Å²) in [6, 6.07) is 4.78. The van der Waals surface area contributed by atoms with E-state index in [9.17, 15) is 13.2 Å². The molecule has 1 saturated heterocycles.